The third kappa shape index (κ3) is 2.86. The van der Waals surface area contributed by atoms with Crippen LogP contribution in [0.2, 0.25) is 0 Å². The molecule has 0 saturated carbocycles. The Morgan fingerprint density at radius 3 is 1.47 bits per heavy atom. The number of hydrogen-bond donors (Lipinski definition) is 0. The predicted molar refractivity (Wildman–Crippen MR) is 71.5 cm³/mol. The van der Waals surface area contributed by atoms with Gasteiger partial charge in [-0.3, -0.25) is 9.97 Å². The molecular formula is C14H16N2S. The largest absolute Gasteiger partial charge is 0.257 e. The quantitative estimate of drug-likeness (QED) is 0.802. The Bertz CT molecular complexity index is 500. The smallest absolute Gasteiger partial charge is 0.0515 e. The summed E-state index contributed by atoms with van der Waals surface area (Å²) in [6.07, 6.45) is 0. The molecular weight excluding hydrogens is 228 g/mol. The van der Waals surface area contributed by atoms with Gasteiger partial charge in [-0.05, 0) is 52.0 Å². The summed E-state index contributed by atoms with van der Waals surface area (Å²) >= 11 is 1.73. The highest BCUT2D eigenvalue weighted by molar-refractivity contribution is 7.99. The minimum atomic E-state index is 1.06. The summed E-state index contributed by atoms with van der Waals surface area (Å²) in [5.74, 6) is 0. The molecule has 88 valence electrons. The monoisotopic (exact) mass is 244 g/mol. The zero-order chi connectivity index (χ0) is 12.4. The van der Waals surface area contributed by atoms with Crippen molar-refractivity contribution in [1.82, 2.24) is 9.97 Å². The first kappa shape index (κ1) is 12.1. The van der Waals surface area contributed by atoms with E-state index in [0.717, 1.165) is 22.8 Å². The topological polar surface area (TPSA) is 25.8 Å². The molecule has 0 fully saturated rings. The molecule has 0 bridgehead atoms. The van der Waals surface area contributed by atoms with Crippen LogP contribution in [-0.2, 0) is 0 Å². The molecule has 2 aromatic rings. The molecule has 2 heterocycles. The highest BCUT2D eigenvalue weighted by atomic mass is 32.2. The van der Waals surface area contributed by atoms with Crippen molar-refractivity contribution in [3.05, 3.63) is 47.0 Å². The van der Waals surface area contributed by atoms with E-state index in [1.807, 2.05) is 39.8 Å². The molecule has 2 nitrogen and oxygen atoms in total. The van der Waals surface area contributed by atoms with E-state index >= 15 is 0 Å². The molecule has 3 heteroatoms. The van der Waals surface area contributed by atoms with Crippen LogP contribution in [-0.4, -0.2) is 9.97 Å². The standard InChI is InChI=1S/C14H16N2S/c1-9-5-7-13(11(3)15-9)17-14-8-6-10(2)16-12(14)4/h5-8H,1-4H3. The summed E-state index contributed by atoms with van der Waals surface area (Å²) in [5, 5.41) is 0. The van der Waals surface area contributed by atoms with Crippen LogP contribution in [0.15, 0.2) is 34.1 Å². The Hall–Kier alpha value is -1.35. The van der Waals surface area contributed by atoms with Crippen LogP contribution < -0.4 is 0 Å². The van der Waals surface area contributed by atoms with Crippen LogP contribution in [0.5, 0.6) is 0 Å². The van der Waals surface area contributed by atoms with Crippen LogP contribution >= 0.6 is 11.8 Å². The van der Waals surface area contributed by atoms with E-state index in [1.54, 1.807) is 11.8 Å². The van der Waals surface area contributed by atoms with Gasteiger partial charge in [0, 0.05) is 21.2 Å². The van der Waals surface area contributed by atoms with E-state index in [9.17, 15) is 0 Å². The molecule has 0 aliphatic heterocycles. The SMILES string of the molecule is Cc1ccc(Sc2ccc(C)nc2C)c(C)n1. The molecule has 0 atom stereocenters. The first-order chi connectivity index (χ1) is 8.06. The number of nitrogens with zero attached hydrogens (tertiary/aromatic N) is 2. The highest BCUT2D eigenvalue weighted by Gasteiger charge is 2.06. The van der Waals surface area contributed by atoms with Gasteiger partial charge in [-0.25, -0.2) is 0 Å². The fraction of sp³-hybridized carbons (Fsp3) is 0.286. The van der Waals surface area contributed by atoms with E-state index in [-0.39, 0.29) is 0 Å². The Morgan fingerprint density at radius 2 is 1.12 bits per heavy atom. The van der Waals surface area contributed by atoms with E-state index < -0.39 is 0 Å². The van der Waals surface area contributed by atoms with Gasteiger partial charge in [-0.1, -0.05) is 11.8 Å². The molecule has 0 aliphatic rings. The van der Waals surface area contributed by atoms with Gasteiger partial charge in [0.25, 0.3) is 0 Å². The maximum absolute atomic E-state index is 4.48. The average Bonchev–Trinajstić information content (AvgIpc) is 2.25. The molecule has 0 N–H and O–H groups in total. The van der Waals surface area contributed by atoms with Crippen molar-refractivity contribution in [3.63, 3.8) is 0 Å². The second kappa shape index (κ2) is 4.88. The first-order valence-electron chi connectivity index (χ1n) is 5.62. The van der Waals surface area contributed by atoms with E-state index in [2.05, 4.69) is 22.1 Å². The lowest BCUT2D eigenvalue weighted by atomic mass is 10.3. The lowest BCUT2D eigenvalue weighted by Gasteiger charge is -2.08. The van der Waals surface area contributed by atoms with Gasteiger partial charge in [-0.2, -0.15) is 0 Å². The number of aromatic nitrogens is 2. The molecule has 17 heavy (non-hydrogen) atoms. The van der Waals surface area contributed by atoms with Gasteiger partial charge in [0.2, 0.25) is 0 Å². The summed E-state index contributed by atoms with van der Waals surface area (Å²) < 4.78 is 0. The molecule has 2 aromatic heterocycles. The molecule has 0 unspecified atom stereocenters. The second-order valence-electron chi connectivity index (χ2n) is 4.17. The minimum absolute atomic E-state index is 1.06. The number of rotatable bonds is 2. The Kier molecular flexibility index (Phi) is 3.48. The maximum Gasteiger partial charge on any atom is 0.0515 e. The van der Waals surface area contributed by atoms with Gasteiger partial charge in [0.05, 0.1) is 11.4 Å². The summed E-state index contributed by atoms with van der Waals surface area (Å²) in [5.41, 5.74) is 4.28. The molecule has 0 amide bonds. The summed E-state index contributed by atoms with van der Waals surface area (Å²) in [6, 6.07) is 8.35. The molecule has 0 radical (unpaired) electrons. The van der Waals surface area contributed by atoms with Crippen LogP contribution in [0.4, 0.5) is 0 Å². The Labute approximate surface area is 107 Å². The minimum Gasteiger partial charge on any atom is -0.257 e. The van der Waals surface area contributed by atoms with Crippen molar-refractivity contribution >= 4 is 11.8 Å². The average molecular weight is 244 g/mol. The van der Waals surface area contributed by atoms with Gasteiger partial charge < -0.3 is 0 Å². The van der Waals surface area contributed by atoms with E-state index in [4.69, 9.17) is 0 Å². The predicted octanol–water partition coefficient (Wildman–Crippen LogP) is 3.86. The maximum atomic E-state index is 4.48. The van der Waals surface area contributed by atoms with Crippen LogP contribution in [0, 0.1) is 27.7 Å². The zero-order valence-electron chi connectivity index (χ0n) is 10.6. The fourth-order valence-corrected chi connectivity index (χ4v) is 2.58. The van der Waals surface area contributed by atoms with Crippen molar-refractivity contribution in [2.45, 2.75) is 37.5 Å². The summed E-state index contributed by atoms with van der Waals surface area (Å²) in [7, 11) is 0. The van der Waals surface area contributed by atoms with Gasteiger partial charge >= 0.3 is 0 Å². The summed E-state index contributed by atoms with van der Waals surface area (Å²) in [4.78, 5) is 11.3. The zero-order valence-corrected chi connectivity index (χ0v) is 11.4. The van der Waals surface area contributed by atoms with Crippen LogP contribution in [0.3, 0.4) is 0 Å². The Morgan fingerprint density at radius 1 is 0.706 bits per heavy atom. The molecule has 2 rings (SSSR count). The van der Waals surface area contributed by atoms with E-state index in [0.29, 0.717) is 0 Å². The van der Waals surface area contributed by atoms with Crippen molar-refractivity contribution in [2.24, 2.45) is 0 Å². The number of pyridine rings is 2. The normalized spacial score (nSPS) is 10.6. The van der Waals surface area contributed by atoms with Crippen molar-refractivity contribution in [3.8, 4) is 0 Å². The molecule has 0 spiro atoms. The van der Waals surface area contributed by atoms with E-state index in [1.165, 1.54) is 9.79 Å². The molecule has 0 saturated heterocycles. The lowest BCUT2D eigenvalue weighted by molar-refractivity contribution is 1.04. The third-order valence-electron chi connectivity index (χ3n) is 2.57. The first-order valence-corrected chi connectivity index (χ1v) is 6.44. The van der Waals surface area contributed by atoms with Crippen molar-refractivity contribution < 1.29 is 0 Å². The molecule has 0 aliphatic carbocycles. The third-order valence-corrected chi connectivity index (χ3v) is 3.88. The fourth-order valence-electron chi connectivity index (χ4n) is 1.68. The Balaban J connectivity index is 2.31. The summed E-state index contributed by atoms with van der Waals surface area (Å²) in [6.45, 7) is 8.12. The van der Waals surface area contributed by atoms with Gasteiger partial charge in [0.1, 0.15) is 0 Å². The van der Waals surface area contributed by atoms with Gasteiger partial charge in [0.15, 0.2) is 0 Å². The highest BCUT2D eigenvalue weighted by Crippen LogP contribution is 2.31. The van der Waals surface area contributed by atoms with Crippen molar-refractivity contribution in [1.29, 1.82) is 0 Å². The number of aryl methyl sites for hydroxylation is 4. The molecule has 0 aromatic carbocycles. The second-order valence-corrected chi connectivity index (χ2v) is 5.26. The van der Waals surface area contributed by atoms with Crippen LogP contribution in [0.25, 0.3) is 0 Å². The number of hydrogen-bond acceptors (Lipinski definition) is 3. The van der Waals surface area contributed by atoms with Crippen LogP contribution in [0.1, 0.15) is 22.8 Å². The van der Waals surface area contributed by atoms with Crippen molar-refractivity contribution in [2.75, 3.05) is 0 Å². The van der Waals surface area contributed by atoms with Gasteiger partial charge in [-0.15, -0.1) is 0 Å². The lowest BCUT2D eigenvalue weighted by Crippen LogP contribution is -1.91.